The number of hydrogen-bond donors (Lipinski definition) is 3. The lowest BCUT2D eigenvalue weighted by Gasteiger charge is -2.06. The van der Waals surface area contributed by atoms with Crippen LogP contribution < -0.4 is 16.1 Å². The molecule has 0 aliphatic heterocycles. The Bertz CT molecular complexity index is 1590. The van der Waals surface area contributed by atoms with Crippen molar-refractivity contribution in [3.63, 3.8) is 0 Å². The maximum Gasteiger partial charge on any atom is 0.0856 e. The molecule has 0 aliphatic rings. The van der Waals surface area contributed by atoms with Crippen molar-refractivity contribution in [3.05, 3.63) is 142 Å². The Labute approximate surface area is 209 Å². The number of nitrogens with one attached hydrogen (secondary N) is 3. The quantitative estimate of drug-likeness (QED) is 0.155. The van der Waals surface area contributed by atoms with Gasteiger partial charge in [-0.1, -0.05) is 66.2 Å². The largest absolute Gasteiger partial charge is 0.354 e. The number of nitrogens with zero attached hydrogens (tertiary/aromatic N) is 3. The predicted molar refractivity (Wildman–Crippen MR) is 147 cm³/mol. The summed E-state index contributed by atoms with van der Waals surface area (Å²) in [5, 5.41) is 14.7. The van der Waals surface area contributed by atoms with Gasteiger partial charge in [-0.15, -0.1) is 0 Å². The first-order valence-corrected chi connectivity index (χ1v) is 11.7. The molecule has 0 bridgehead atoms. The molecule has 0 aliphatic carbocycles. The average molecular weight is 471 g/mol. The van der Waals surface area contributed by atoms with E-state index in [4.69, 9.17) is 0 Å². The number of para-hydroxylation sites is 1. The van der Waals surface area contributed by atoms with Crippen molar-refractivity contribution in [2.45, 2.75) is 6.92 Å². The summed E-state index contributed by atoms with van der Waals surface area (Å²) in [7, 11) is 0. The van der Waals surface area contributed by atoms with E-state index < -0.39 is 0 Å². The molecule has 0 spiro atoms. The Morgan fingerprint density at radius 3 is 2.28 bits per heavy atom. The van der Waals surface area contributed by atoms with Gasteiger partial charge in [0.1, 0.15) is 0 Å². The van der Waals surface area contributed by atoms with Crippen LogP contribution in [0.3, 0.4) is 0 Å². The van der Waals surface area contributed by atoms with Gasteiger partial charge in [-0.2, -0.15) is 15.3 Å². The number of hydrazone groups is 1. The van der Waals surface area contributed by atoms with E-state index >= 15 is 0 Å². The summed E-state index contributed by atoms with van der Waals surface area (Å²) < 4.78 is 0. The molecular formula is C30H26N6. The van der Waals surface area contributed by atoms with Crippen LogP contribution in [0.1, 0.15) is 22.5 Å². The number of rotatable bonds is 7. The minimum absolute atomic E-state index is 0.815. The van der Waals surface area contributed by atoms with Crippen molar-refractivity contribution < 1.29 is 0 Å². The molecule has 0 amide bonds. The van der Waals surface area contributed by atoms with E-state index in [0.717, 1.165) is 44.6 Å². The summed E-state index contributed by atoms with van der Waals surface area (Å²) in [6.07, 6.45) is 3.51. The van der Waals surface area contributed by atoms with Gasteiger partial charge in [0.2, 0.25) is 0 Å². The smallest absolute Gasteiger partial charge is 0.0856 e. The normalized spacial score (nSPS) is 13.0. The fraction of sp³-hybridized carbons (Fsp3) is 0.0333. The van der Waals surface area contributed by atoms with Gasteiger partial charge in [0.15, 0.2) is 0 Å². The second-order valence-corrected chi connectivity index (χ2v) is 8.31. The third-order valence-electron chi connectivity index (χ3n) is 5.59. The summed E-state index contributed by atoms with van der Waals surface area (Å²) in [6.45, 7) is 2.09. The van der Waals surface area contributed by atoms with Gasteiger partial charge in [0, 0.05) is 16.6 Å². The zero-order chi connectivity index (χ0) is 24.6. The van der Waals surface area contributed by atoms with E-state index in [9.17, 15) is 0 Å². The Hall–Kier alpha value is -4.97. The highest BCUT2D eigenvalue weighted by atomic mass is 15.3. The van der Waals surface area contributed by atoms with E-state index in [1.54, 1.807) is 12.4 Å². The highest BCUT2D eigenvalue weighted by Gasteiger charge is 2.09. The van der Waals surface area contributed by atoms with Gasteiger partial charge in [0.25, 0.3) is 0 Å². The second-order valence-electron chi connectivity index (χ2n) is 8.31. The Morgan fingerprint density at radius 2 is 1.50 bits per heavy atom. The molecule has 5 rings (SSSR count). The molecule has 0 atom stereocenters. The van der Waals surface area contributed by atoms with Crippen molar-refractivity contribution in [1.29, 1.82) is 0 Å². The number of benzene rings is 3. The van der Waals surface area contributed by atoms with Crippen LogP contribution in [0.2, 0.25) is 0 Å². The molecule has 0 saturated carbocycles. The van der Waals surface area contributed by atoms with Gasteiger partial charge >= 0.3 is 0 Å². The molecule has 3 aromatic carbocycles. The van der Waals surface area contributed by atoms with Crippen molar-refractivity contribution in [2.75, 3.05) is 5.43 Å². The van der Waals surface area contributed by atoms with Crippen molar-refractivity contribution in [3.8, 4) is 0 Å². The van der Waals surface area contributed by atoms with Gasteiger partial charge in [0.05, 0.1) is 34.8 Å². The Balaban J connectivity index is 1.47. The number of aromatic amines is 2. The minimum Gasteiger partial charge on any atom is -0.354 e. The van der Waals surface area contributed by atoms with Crippen LogP contribution >= 0.6 is 0 Å². The third kappa shape index (κ3) is 5.74. The van der Waals surface area contributed by atoms with Crippen LogP contribution in [0.25, 0.3) is 11.8 Å². The zero-order valence-electron chi connectivity index (χ0n) is 19.9. The molecule has 6 nitrogen and oxygen atoms in total. The van der Waals surface area contributed by atoms with Crippen LogP contribution in [0.5, 0.6) is 0 Å². The van der Waals surface area contributed by atoms with Gasteiger partial charge in [-0.25, -0.2) is 0 Å². The fourth-order valence-electron chi connectivity index (χ4n) is 3.78. The average Bonchev–Trinajstić information content (AvgIpc) is 3.57. The first-order valence-electron chi connectivity index (χ1n) is 11.7. The number of azo groups is 1. The lowest BCUT2D eigenvalue weighted by atomic mass is 10.0. The molecule has 0 fully saturated rings. The van der Waals surface area contributed by atoms with Crippen LogP contribution in [-0.4, -0.2) is 16.2 Å². The molecule has 2 heterocycles. The highest BCUT2D eigenvalue weighted by molar-refractivity contribution is 5.82. The molecule has 36 heavy (non-hydrogen) atoms. The molecule has 5 aromatic rings. The number of hydrogen-bond acceptors (Lipinski definition) is 4. The maximum atomic E-state index is 4.35. The maximum absolute atomic E-state index is 4.35. The lowest BCUT2D eigenvalue weighted by molar-refractivity contribution is 1.20. The molecule has 0 saturated heterocycles. The van der Waals surface area contributed by atoms with Crippen molar-refractivity contribution >= 4 is 29.4 Å². The molecule has 0 unspecified atom stereocenters. The first-order chi connectivity index (χ1) is 17.7. The SMILES string of the molecule is Cc1ccc(/C(c2ccc(/C=N/Nc3ccccc3)[nH]2)=c2/cc/c(=C/N=Nc3ccccc3)[nH]2)cc1. The molecule has 2 aromatic heterocycles. The number of anilines is 1. The van der Waals surface area contributed by atoms with E-state index in [1.807, 2.05) is 72.8 Å². The van der Waals surface area contributed by atoms with E-state index in [-0.39, 0.29) is 0 Å². The molecule has 176 valence electrons. The summed E-state index contributed by atoms with van der Waals surface area (Å²) in [5.74, 6) is 0. The van der Waals surface area contributed by atoms with Crippen LogP contribution in [-0.2, 0) is 0 Å². The van der Waals surface area contributed by atoms with E-state index in [1.165, 1.54) is 5.56 Å². The number of H-pyrrole nitrogens is 2. The topological polar surface area (TPSA) is 80.7 Å². The minimum atomic E-state index is 0.815. The summed E-state index contributed by atoms with van der Waals surface area (Å²) in [4.78, 5) is 6.96. The van der Waals surface area contributed by atoms with Gasteiger partial charge in [-0.05, 0) is 61.0 Å². The fourth-order valence-corrected chi connectivity index (χ4v) is 3.78. The molecule has 6 heteroatoms. The summed E-state index contributed by atoms with van der Waals surface area (Å²) in [5.41, 5.74) is 10.1. The standard InChI is InChI=1S/C30H26N6/c1-22-12-14-23(15-13-22)30(28-18-16-26(33-28)20-31-35-24-8-4-2-5-9-24)29-19-17-27(34-29)21-32-36-25-10-6-3-7-11-25/h2-21,33-35H,1H3/b27-21-,30-29+,31-20+,36-32?. The van der Waals surface area contributed by atoms with Crippen LogP contribution in [0, 0.1) is 6.92 Å². The monoisotopic (exact) mass is 470 g/mol. The van der Waals surface area contributed by atoms with Crippen LogP contribution in [0.4, 0.5) is 11.4 Å². The highest BCUT2D eigenvalue weighted by Crippen LogP contribution is 2.20. The molecular weight excluding hydrogens is 444 g/mol. The molecule has 0 radical (unpaired) electrons. The molecule has 3 N–H and O–H groups in total. The van der Waals surface area contributed by atoms with E-state index in [0.29, 0.717) is 0 Å². The zero-order valence-corrected chi connectivity index (χ0v) is 19.9. The van der Waals surface area contributed by atoms with Gasteiger partial charge in [-0.3, -0.25) is 5.43 Å². The number of aromatic nitrogens is 2. The summed E-state index contributed by atoms with van der Waals surface area (Å²) in [6, 6.07) is 36.2. The lowest BCUT2D eigenvalue weighted by Crippen LogP contribution is -2.14. The Kier molecular flexibility index (Phi) is 6.95. The van der Waals surface area contributed by atoms with Crippen LogP contribution in [0.15, 0.2) is 125 Å². The second kappa shape index (κ2) is 11.0. The predicted octanol–water partition coefficient (Wildman–Crippen LogP) is 5.87. The number of aryl methyl sites for hydroxylation is 1. The van der Waals surface area contributed by atoms with Crippen molar-refractivity contribution in [2.24, 2.45) is 15.3 Å². The van der Waals surface area contributed by atoms with Crippen molar-refractivity contribution in [1.82, 2.24) is 9.97 Å². The Morgan fingerprint density at radius 1 is 0.750 bits per heavy atom. The van der Waals surface area contributed by atoms with E-state index in [2.05, 4.69) is 74.0 Å². The van der Waals surface area contributed by atoms with Gasteiger partial charge < -0.3 is 9.97 Å². The summed E-state index contributed by atoms with van der Waals surface area (Å²) >= 11 is 0. The first kappa shape index (κ1) is 22.8. The third-order valence-corrected chi connectivity index (χ3v) is 5.59.